The van der Waals surface area contributed by atoms with E-state index in [-0.39, 0.29) is 5.75 Å². The fraction of sp³-hybridized carbons (Fsp3) is 0.417. The van der Waals surface area contributed by atoms with Crippen LogP contribution in [0, 0.1) is 11.3 Å². The molecule has 1 aromatic rings. The molecule has 0 aromatic heterocycles. The van der Waals surface area contributed by atoms with Gasteiger partial charge in [-0.25, -0.2) is 0 Å². The number of benzene rings is 1. The molecule has 0 atom stereocenters. The topological polar surface area (TPSA) is 56.1 Å². The summed E-state index contributed by atoms with van der Waals surface area (Å²) in [6.07, 6.45) is 1.99. The minimum atomic E-state index is 0.223. The lowest BCUT2D eigenvalue weighted by molar-refractivity contribution is 0.450. The highest BCUT2D eigenvalue weighted by atomic mass is 16.3. The minimum Gasteiger partial charge on any atom is -0.507 e. The number of piperidine rings is 1. The van der Waals surface area contributed by atoms with E-state index in [9.17, 15) is 5.11 Å². The van der Waals surface area contributed by atoms with Crippen LogP contribution in [0.2, 0.25) is 0 Å². The average molecular weight is 204 g/mol. The van der Waals surface area contributed by atoms with E-state index in [1.54, 1.807) is 12.1 Å². The number of phenols is 1. The molecular weight excluding hydrogens is 188 g/mol. The van der Waals surface area contributed by atoms with Crippen molar-refractivity contribution in [3.05, 3.63) is 29.8 Å². The Kier molecular flexibility index (Phi) is 3.02. The van der Waals surface area contributed by atoms with Gasteiger partial charge < -0.3 is 15.8 Å². The molecule has 1 heterocycles. The van der Waals surface area contributed by atoms with Crippen molar-refractivity contribution in [3.63, 3.8) is 0 Å². The zero-order valence-corrected chi connectivity index (χ0v) is 8.66. The first-order valence-electron chi connectivity index (χ1n) is 5.36. The van der Waals surface area contributed by atoms with Gasteiger partial charge in [-0.3, -0.25) is 0 Å². The van der Waals surface area contributed by atoms with E-state index >= 15 is 0 Å². The van der Waals surface area contributed by atoms with Gasteiger partial charge in [0.05, 0.1) is 0 Å². The summed E-state index contributed by atoms with van der Waals surface area (Å²) in [6, 6.07) is 7.11. The van der Waals surface area contributed by atoms with E-state index in [2.05, 4.69) is 5.32 Å². The third-order valence-electron chi connectivity index (χ3n) is 2.94. The van der Waals surface area contributed by atoms with Crippen LogP contribution in [0.5, 0.6) is 5.75 Å². The third-order valence-corrected chi connectivity index (χ3v) is 2.94. The van der Waals surface area contributed by atoms with Crippen molar-refractivity contribution in [1.29, 1.82) is 5.41 Å². The molecule has 0 saturated carbocycles. The molecule has 1 aromatic carbocycles. The van der Waals surface area contributed by atoms with E-state index in [1.165, 1.54) is 0 Å². The second-order valence-corrected chi connectivity index (χ2v) is 3.96. The van der Waals surface area contributed by atoms with Crippen molar-refractivity contribution < 1.29 is 5.11 Å². The first-order chi connectivity index (χ1) is 7.29. The summed E-state index contributed by atoms with van der Waals surface area (Å²) >= 11 is 0. The van der Waals surface area contributed by atoms with Crippen LogP contribution >= 0.6 is 0 Å². The SMILES string of the molecule is N=C(c1ccccc1O)C1CCNCC1. The van der Waals surface area contributed by atoms with E-state index < -0.39 is 0 Å². The van der Waals surface area contributed by atoms with Crippen molar-refractivity contribution >= 4 is 5.71 Å². The third kappa shape index (κ3) is 2.18. The molecule has 0 unspecified atom stereocenters. The Balaban J connectivity index is 2.16. The van der Waals surface area contributed by atoms with Gasteiger partial charge in [0.1, 0.15) is 5.75 Å². The number of nitrogens with one attached hydrogen (secondary N) is 2. The molecule has 0 bridgehead atoms. The molecule has 1 fully saturated rings. The summed E-state index contributed by atoms with van der Waals surface area (Å²) < 4.78 is 0. The number of hydrogen-bond acceptors (Lipinski definition) is 3. The van der Waals surface area contributed by atoms with Crippen LogP contribution in [-0.2, 0) is 0 Å². The molecule has 0 aliphatic carbocycles. The molecule has 1 saturated heterocycles. The predicted octanol–water partition coefficient (Wildman–Crippen LogP) is 1.76. The summed E-state index contributed by atoms with van der Waals surface area (Å²) in [5, 5.41) is 21.0. The molecular formula is C12H16N2O. The van der Waals surface area contributed by atoms with Gasteiger partial charge >= 0.3 is 0 Å². The normalized spacial score (nSPS) is 17.6. The fourth-order valence-corrected chi connectivity index (χ4v) is 2.03. The Morgan fingerprint density at radius 3 is 2.60 bits per heavy atom. The molecule has 15 heavy (non-hydrogen) atoms. The molecule has 3 nitrogen and oxygen atoms in total. The fourth-order valence-electron chi connectivity index (χ4n) is 2.03. The summed E-state index contributed by atoms with van der Waals surface area (Å²) in [4.78, 5) is 0. The standard InChI is InChI=1S/C12H16N2O/c13-12(9-5-7-14-8-6-9)10-3-1-2-4-11(10)15/h1-4,9,13-15H,5-8H2. The van der Waals surface area contributed by atoms with Gasteiger partial charge in [-0.1, -0.05) is 12.1 Å². The van der Waals surface area contributed by atoms with Crippen LogP contribution in [0.25, 0.3) is 0 Å². The Morgan fingerprint density at radius 1 is 1.27 bits per heavy atom. The Labute approximate surface area is 89.6 Å². The summed E-state index contributed by atoms with van der Waals surface area (Å²) in [5.74, 6) is 0.514. The van der Waals surface area contributed by atoms with E-state index in [0.717, 1.165) is 25.9 Å². The Hall–Kier alpha value is -1.35. The highest BCUT2D eigenvalue weighted by Gasteiger charge is 2.20. The van der Waals surface area contributed by atoms with Gasteiger partial charge in [0.15, 0.2) is 0 Å². The molecule has 0 radical (unpaired) electrons. The van der Waals surface area contributed by atoms with Crippen molar-refractivity contribution in [2.45, 2.75) is 12.8 Å². The van der Waals surface area contributed by atoms with Gasteiger partial charge in [-0.2, -0.15) is 0 Å². The maximum absolute atomic E-state index is 9.66. The van der Waals surface area contributed by atoms with E-state index in [0.29, 0.717) is 17.2 Å². The highest BCUT2D eigenvalue weighted by Crippen LogP contribution is 2.23. The van der Waals surface area contributed by atoms with Crippen LogP contribution in [0.1, 0.15) is 18.4 Å². The average Bonchev–Trinajstić information content (AvgIpc) is 2.30. The number of hydrogen-bond donors (Lipinski definition) is 3. The van der Waals surface area contributed by atoms with Crippen LogP contribution < -0.4 is 5.32 Å². The lowest BCUT2D eigenvalue weighted by Crippen LogP contribution is -2.31. The molecule has 80 valence electrons. The first-order valence-corrected chi connectivity index (χ1v) is 5.36. The molecule has 1 aliphatic heterocycles. The number of para-hydroxylation sites is 1. The van der Waals surface area contributed by atoms with Crippen LogP contribution in [0.3, 0.4) is 0 Å². The number of rotatable bonds is 2. The summed E-state index contributed by atoms with van der Waals surface area (Å²) in [7, 11) is 0. The van der Waals surface area contributed by atoms with Gasteiger partial charge in [-0.05, 0) is 38.1 Å². The maximum Gasteiger partial charge on any atom is 0.124 e. The lowest BCUT2D eigenvalue weighted by Gasteiger charge is -2.23. The summed E-state index contributed by atoms with van der Waals surface area (Å²) in [6.45, 7) is 1.95. The largest absolute Gasteiger partial charge is 0.507 e. The molecule has 0 spiro atoms. The molecule has 1 aliphatic rings. The van der Waals surface area contributed by atoms with Crippen LogP contribution in [-0.4, -0.2) is 23.9 Å². The van der Waals surface area contributed by atoms with Crippen LogP contribution in [0.4, 0.5) is 0 Å². The quantitative estimate of drug-likeness (QED) is 0.643. The summed E-state index contributed by atoms with van der Waals surface area (Å²) in [5.41, 5.74) is 1.26. The lowest BCUT2D eigenvalue weighted by atomic mass is 9.88. The van der Waals surface area contributed by atoms with Gasteiger partial charge in [0, 0.05) is 17.2 Å². The zero-order chi connectivity index (χ0) is 10.7. The first kappa shape index (κ1) is 10.2. The minimum absolute atomic E-state index is 0.223. The van der Waals surface area contributed by atoms with Crippen molar-refractivity contribution in [2.24, 2.45) is 5.92 Å². The number of aromatic hydroxyl groups is 1. The number of phenolic OH excluding ortho intramolecular Hbond substituents is 1. The zero-order valence-electron chi connectivity index (χ0n) is 8.66. The van der Waals surface area contributed by atoms with Crippen LogP contribution in [0.15, 0.2) is 24.3 Å². The van der Waals surface area contributed by atoms with Gasteiger partial charge in [0.25, 0.3) is 0 Å². The molecule has 3 heteroatoms. The van der Waals surface area contributed by atoms with Crippen molar-refractivity contribution in [2.75, 3.05) is 13.1 Å². The van der Waals surface area contributed by atoms with E-state index in [4.69, 9.17) is 5.41 Å². The molecule has 0 amide bonds. The highest BCUT2D eigenvalue weighted by molar-refractivity contribution is 6.02. The second-order valence-electron chi connectivity index (χ2n) is 3.96. The van der Waals surface area contributed by atoms with E-state index in [1.807, 2.05) is 12.1 Å². The van der Waals surface area contributed by atoms with Crippen molar-refractivity contribution in [3.8, 4) is 5.75 Å². The maximum atomic E-state index is 9.66. The predicted molar refractivity (Wildman–Crippen MR) is 60.5 cm³/mol. The van der Waals surface area contributed by atoms with Crippen molar-refractivity contribution in [1.82, 2.24) is 5.32 Å². The molecule has 2 rings (SSSR count). The Morgan fingerprint density at radius 2 is 1.93 bits per heavy atom. The molecule has 3 N–H and O–H groups in total. The smallest absolute Gasteiger partial charge is 0.124 e. The second kappa shape index (κ2) is 4.45. The Bertz CT molecular complexity index is 356. The van der Waals surface area contributed by atoms with Gasteiger partial charge in [0.2, 0.25) is 0 Å². The van der Waals surface area contributed by atoms with Gasteiger partial charge in [-0.15, -0.1) is 0 Å². The monoisotopic (exact) mass is 204 g/mol.